The summed E-state index contributed by atoms with van der Waals surface area (Å²) in [5.41, 5.74) is 2.63. The molecule has 0 radical (unpaired) electrons. The molecule has 0 aliphatic carbocycles. The fraction of sp³-hybridized carbons (Fsp3) is 0.438. The number of fused-ring (bicyclic) bond motifs is 3. The summed E-state index contributed by atoms with van der Waals surface area (Å²) < 4.78 is 2.15. The lowest BCUT2D eigenvalue weighted by Crippen LogP contribution is -2.22. The van der Waals surface area contributed by atoms with Crippen molar-refractivity contribution in [3.8, 4) is 6.07 Å². The largest absolute Gasteiger partial charge is 0.385 e. The molecule has 2 N–H and O–H groups in total. The van der Waals surface area contributed by atoms with Crippen molar-refractivity contribution in [3.63, 3.8) is 0 Å². The van der Waals surface area contributed by atoms with Crippen LogP contribution in [0.2, 0.25) is 0 Å². The summed E-state index contributed by atoms with van der Waals surface area (Å²) in [7, 11) is 0. The number of hydrogen-bond donors (Lipinski definition) is 2. The number of nitrogens with zero attached hydrogens (tertiary/aromatic N) is 5. The molecule has 4 rings (SSSR count). The molecule has 0 aromatic carbocycles. The Morgan fingerprint density at radius 3 is 3.22 bits per heavy atom. The molecule has 1 saturated heterocycles. The summed E-state index contributed by atoms with van der Waals surface area (Å²) in [5, 5.41) is 20.1. The van der Waals surface area contributed by atoms with Crippen LogP contribution in [0, 0.1) is 11.3 Å². The minimum absolute atomic E-state index is 0.207. The van der Waals surface area contributed by atoms with Gasteiger partial charge in [-0.15, -0.1) is 0 Å². The van der Waals surface area contributed by atoms with E-state index in [2.05, 4.69) is 30.5 Å². The van der Waals surface area contributed by atoms with Gasteiger partial charge in [0.15, 0.2) is 0 Å². The fourth-order valence-corrected chi connectivity index (χ4v) is 3.54. The standard InChI is InChI=1S/C16H18N6O/c1-10(23)16-20-13-8-19-15-12(2-5-18-15)14(13)22(16)11-3-6-21(9-11)7-4-17/h2,5,8,10-11,23H,3,6-7,9H2,1H3,(H,18,19)/t10-,11?/m1/s1. The zero-order chi connectivity index (χ0) is 16.0. The number of H-pyrrole nitrogens is 1. The van der Waals surface area contributed by atoms with E-state index in [0.717, 1.165) is 41.6 Å². The maximum atomic E-state index is 10.2. The third-order valence-corrected chi connectivity index (χ3v) is 4.54. The van der Waals surface area contributed by atoms with Crippen LogP contribution in [0.3, 0.4) is 0 Å². The Kier molecular flexibility index (Phi) is 3.29. The Morgan fingerprint density at radius 1 is 1.57 bits per heavy atom. The molecular formula is C16H18N6O. The highest BCUT2D eigenvalue weighted by molar-refractivity contribution is 6.01. The van der Waals surface area contributed by atoms with E-state index in [9.17, 15) is 5.11 Å². The first-order chi connectivity index (χ1) is 11.2. The van der Waals surface area contributed by atoms with E-state index < -0.39 is 6.10 Å². The van der Waals surface area contributed by atoms with Gasteiger partial charge in [-0.1, -0.05) is 0 Å². The Morgan fingerprint density at radius 2 is 2.43 bits per heavy atom. The van der Waals surface area contributed by atoms with E-state index >= 15 is 0 Å². The first kappa shape index (κ1) is 14.2. The smallest absolute Gasteiger partial charge is 0.139 e. The van der Waals surface area contributed by atoms with Crippen molar-refractivity contribution in [3.05, 3.63) is 24.3 Å². The quantitative estimate of drug-likeness (QED) is 0.719. The highest BCUT2D eigenvalue weighted by Crippen LogP contribution is 2.33. The number of aromatic amines is 1. The second-order valence-electron chi connectivity index (χ2n) is 6.08. The molecule has 7 nitrogen and oxygen atoms in total. The number of rotatable bonds is 3. The summed E-state index contributed by atoms with van der Waals surface area (Å²) >= 11 is 0. The van der Waals surface area contributed by atoms with Crippen LogP contribution in [-0.4, -0.2) is 49.2 Å². The summed E-state index contributed by atoms with van der Waals surface area (Å²) in [5.74, 6) is 0.666. The van der Waals surface area contributed by atoms with Gasteiger partial charge in [0, 0.05) is 30.7 Å². The summed E-state index contributed by atoms with van der Waals surface area (Å²) in [6.07, 6.45) is 3.91. The third-order valence-electron chi connectivity index (χ3n) is 4.54. The Hall–Kier alpha value is -2.43. The summed E-state index contributed by atoms with van der Waals surface area (Å²) in [4.78, 5) is 14.3. The van der Waals surface area contributed by atoms with Crippen LogP contribution in [0.5, 0.6) is 0 Å². The average Bonchev–Trinajstić information content (AvgIpc) is 3.23. The molecule has 0 amide bonds. The van der Waals surface area contributed by atoms with Gasteiger partial charge < -0.3 is 14.7 Å². The lowest BCUT2D eigenvalue weighted by atomic mass is 10.2. The molecule has 4 heterocycles. The molecule has 3 aromatic heterocycles. The minimum Gasteiger partial charge on any atom is -0.385 e. The maximum absolute atomic E-state index is 10.2. The maximum Gasteiger partial charge on any atom is 0.139 e. The number of imidazole rings is 1. The van der Waals surface area contributed by atoms with Crippen molar-refractivity contribution in [2.75, 3.05) is 19.6 Å². The third kappa shape index (κ3) is 2.19. The van der Waals surface area contributed by atoms with Gasteiger partial charge in [0.2, 0.25) is 0 Å². The van der Waals surface area contributed by atoms with Gasteiger partial charge in [0.25, 0.3) is 0 Å². The van der Waals surface area contributed by atoms with E-state index in [1.54, 1.807) is 13.1 Å². The van der Waals surface area contributed by atoms with Gasteiger partial charge in [-0.2, -0.15) is 5.26 Å². The van der Waals surface area contributed by atoms with Crippen molar-refractivity contribution in [2.24, 2.45) is 0 Å². The van der Waals surface area contributed by atoms with Gasteiger partial charge in [0.05, 0.1) is 24.3 Å². The molecule has 23 heavy (non-hydrogen) atoms. The van der Waals surface area contributed by atoms with Gasteiger partial charge in [-0.25, -0.2) is 9.97 Å². The van der Waals surface area contributed by atoms with E-state index in [1.165, 1.54) is 0 Å². The molecule has 1 aliphatic heterocycles. The van der Waals surface area contributed by atoms with Gasteiger partial charge in [0.1, 0.15) is 23.1 Å². The molecule has 3 aromatic rings. The summed E-state index contributed by atoms with van der Waals surface area (Å²) in [6, 6.07) is 4.42. The SMILES string of the molecule is C[C@@H](O)c1nc2cnc3[nH]ccc3c2n1C1CCN(CC#N)C1. The van der Waals surface area contributed by atoms with Gasteiger partial charge >= 0.3 is 0 Å². The number of pyridine rings is 1. The number of aliphatic hydroxyl groups is 1. The van der Waals surface area contributed by atoms with Crippen molar-refractivity contribution >= 4 is 22.1 Å². The van der Waals surface area contributed by atoms with Crippen molar-refractivity contribution in [1.82, 2.24) is 24.4 Å². The number of aromatic nitrogens is 4. The number of aliphatic hydroxyl groups excluding tert-OH is 1. The second-order valence-corrected chi connectivity index (χ2v) is 6.08. The van der Waals surface area contributed by atoms with Crippen molar-refractivity contribution in [2.45, 2.75) is 25.5 Å². The lowest BCUT2D eigenvalue weighted by molar-refractivity contribution is 0.181. The fourth-order valence-electron chi connectivity index (χ4n) is 3.54. The van der Waals surface area contributed by atoms with Crippen LogP contribution >= 0.6 is 0 Å². The Balaban J connectivity index is 1.91. The molecule has 0 spiro atoms. The van der Waals surface area contributed by atoms with Crippen LogP contribution in [0.1, 0.15) is 31.3 Å². The molecule has 1 unspecified atom stereocenters. The van der Waals surface area contributed by atoms with Crippen LogP contribution in [0.15, 0.2) is 18.5 Å². The molecular weight excluding hydrogens is 292 g/mol. The minimum atomic E-state index is -0.651. The molecule has 2 atom stereocenters. The highest BCUT2D eigenvalue weighted by atomic mass is 16.3. The Labute approximate surface area is 133 Å². The average molecular weight is 310 g/mol. The zero-order valence-corrected chi connectivity index (χ0v) is 12.9. The monoisotopic (exact) mass is 310 g/mol. The number of nitrogens with one attached hydrogen (secondary N) is 1. The molecule has 0 saturated carbocycles. The van der Waals surface area contributed by atoms with E-state index in [0.29, 0.717) is 12.4 Å². The van der Waals surface area contributed by atoms with E-state index in [4.69, 9.17) is 5.26 Å². The second kappa shape index (κ2) is 5.33. The molecule has 0 bridgehead atoms. The van der Waals surface area contributed by atoms with E-state index in [1.807, 2.05) is 12.3 Å². The first-order valence-electron chi connectivity index (χ1n) is 7.80. The highest BCUT2D eigenvalue weighted by Gasteiger charge is 2.29. The number of hydrogen-bond acceptors (Lipinski definition) is 5. The van der Waals surface area contributed by atoms with E-state index in [-0.39, 0.29) is 6.04 Å². The van der Waals surface area contributed by atoms with Crippen LogP contribution in [-0.2, 0) is 0 Å². The summed E-state index contributed by atoms with van der Waals surface area (Å²) in [6.45, 7) is 3.86. The van der Waals surface area contributed by atoms with Crippen LogP contribution in [0.4, 0.5) is 0 Å². The van der Waals surface area contributed by atoms with Crippen molar-refractivity contribution in [1.29, 1.82) is 5.26 Å². The molecule has 1 aliphatic rings. The molecule has 118 valence electrons. The first-order valence-corrected chi connectivity index (χ1v) is 7.80. The zero-order valence-electron chi connectivity index (χ0n) is 12.9. The predicted octanol–water partition coefficient (Wildman–Crippen LogP) is 1.74. The molecule has 7 heteroatoms. The lowest BCUT2D eigenvalue weighted by Gasteiger charge is -2.18. The molecule has 1 fully saturated rings. The topological polar surface area (TPSA) is 93.8 Å². The number of nitriles is 1. The van der Waals surface area contributed by atoms with Crippen molar-refractivity contribution < 1.29 is 5.11 Å². The predicted molar refractivity (Wildman–Crippen MR) is 85.7 cm³/mol. The van der Waals surface area contributed by atoms with Gasteiger partial charge in [-0.3, -0.25) is 4.90 Å². The Bertz CT molecular complexity index is 902. The van der Waals surface area contributed by atoms with Crippen LogP contribution in [0.25, 0.3) is 22.1 Å². The van der Waals surface area contributed by atoms with Gasteiger partial charge in [-0.05, 0) is 19.4 Å². The van der Waals surface area contributed by atoms with Crippen LogP contribution < -0.4 is 0 Å². The normalized spacial score (nSPS) is 20.3. The number of likely N-dealkylation sites (tertiary alicyclic amines) is 1.